The number of nitrogens with zero attached hydrogens (tertiary/aromatic N) is 1. The van der Waals surface area contributed by atoms with Crippen molar-refractivity contribution in [1.29, 1.82) is 0 Å². The minimum Gasteiger partial charge on any atom is -0.491 e. The molecule has 1 fully saturated rings. The highest BCUT2D eigenvalue weighted by Crippen LogP contribution is 2.32. The van der Waals surface area contributed by atoms with Crippen LogP contribution in [0.3, 0.4) is 0 Å². The first-order valence-corrected chi connectivity index (χ1v) is 8.12. The molecule has 1 aromatic rings. The lowest BCUT2D eigenvalue weighted by Crippen LogP contribution is -2.40. The van der Waals surface area contributed by atoms with Crippen molar-refractivity contribution >= 4 is 11.9 Å². The second-order valence-corrected chi connectivity index (χ2v) is 6.53. The smallest absolute Gasteiger partial charge is 0.313 e. The van der Waals surface area contributed by atoms with Crippen molar-refractivity contribution < 1.29 is 24.2 Å². The number of hydrogen-bond donors (Lipinski definition) is 1. The van der Waals surface area contributed by atoms with Gasteiger partial charge in [-0.2, -0.15) is 0 Å². The van der Waals surface area contributed by atoms with Gasteiger partial charge in [-0.1, -0.05) is 18.2 Å². The molecule has 1 amide bonds. The van der Waals surface area contributed by atoms with Crippen molar-refractivity contribution in [3.05, 3.63) is 29.8 Å². The molecule has 0 bridgehead atoms. The highest BCUT2D eigenvalue weighted by molar-refractivity contribution is 5.82. The number of carbonyl (C=O) groups excluding carboxylic acids is 1. The summed E-state index contributed by atoms with van der Waals surface area (Å²) < 4.78 is 10.8. The minimum atomic E-state index is -1.00. The lowest BCUT2D eigenvalue weighted by Gasteiger charge is -2.24. The molecule has 0 spiro atoms. The van der Waals surface area contributed by atoms with E-state index in [4.69, 9.17) is 9.47 Å². The Hall–Kier alpha value is -2.08. The van der Waals surface area contributed by atoms with Crippen LogP contribution in [0.15, 0.2) is 24.3 Å². The van der Waals surface area contributed by atoms with Gasteiger partial charge in [0, 0.05) is 25.8 Å². The fraction of sp³-hybridized carbons (Fsp3) is 0.556. The Morgan fingerprint density at radius 1 is 1.33 bits per heavy atom. The molecule has 24 heavy (non-hydrogen) atoms. The van der Waals surface area contributed by atoms with Crippen molar-refractivity contribution in [2.75, 3.05) is 26.8 Å². The molecule has 1 unspecified atom stereocenters. The summed E-state index contributed by atoms with van der Waals surface area (Å²) in [7, 11) is 1.48. The number of amides is 1. The minimum absolute atomic E-state index is 0.0226. The number of ether oxygens (including phenoxy) is 2. The zero-order valence-electron chi connectivity index (χ0n) is 14.4. The van der Waals surface area contributed by atoms with E-state index in [0.717, 1.165) is 5.56 Å². The molecule has 6 heteroatoms. The summed E-state index contributed by atoms with van der Waals surface area (Å²) in [5.41, 5.74) is -0.186. The molecule has 6 nitrogen and oxygen atoms in total. The summed E-state index contributed by atoms with van der Waals surface area (Å²) in [4.78, 5) is 25.8. The fourth-order valence-electron chi connectivity index (χ4n) is 3.01. The van der Waals surface area contributed by atoms with Gasteiger partial charge in [-0.3, -0.25) is 9.59 Å². The van der Waals surface area contributed by atoms with Gasteiger partial charge in [-0.15, -0.1) is 0 Å². The monoisotopic (exact) mass is 335 g/mol. The zero-order chi connectivity index (χ0) is 17.7. The summed E-state index contributed by atoms with van der Waals surface area (Å²) in [5, 5.41) is 9.49. The lowest BCUT2D eigenvalue weighted by molar-refractivity contribution is -0.151. The second-order valence-electron chi connectivity index (χ2n) is 6.53. The first kappa shape index (κ1) is 18.3. The number of carboxylic acids is 1. The first-order valence-electron chi connectivity index (χ1n) is 8.12. The molecule has 0 radical (unpaired) electrons. The molecule has 1 aliphatic heterocycles. The van der Waals surface area contributed by atoms with Gasteiger partial charge in [0.05, 0.1) is 19.1 Å². The number of benzene rings is 1. The third-order valence-electron chi connectivity index (χ3n) is 4.26. The zero-order valence-corrected chi connectivity index (χ0v) is 14.4. The Kier molecular flexibility index (Phi) is 5.83. The van der Waals surface area contributed by atoms with Crippen LogP contribution in [0.5, 0.6) is 5.75 Å². The van der Waals surface area contributed by atoms with Crippen molar-refractivity contribution in [2.45, 2.75) is 32.8 Å². The number of carboxylic acid groups (broad SMARTS) is 1. The number of rotatable bonds is 7. The summed E-state index contributed by atoms with van der Waals surface area (Å²) in [6.45, 7) is 4.60. The van der Waals surface area contributed by atoms with E-state index in [-0.39, 0.29) is 31.6 Å². The Bertz CT molecular complexity index is 601. The molecule has 1 N–H and O–H groups in total. The first-order chi connectivity index (χ1) is 11.4. The third-order valence-corrected chi connectivity index (χ3v) is 4.26. The van der Waals surface area contributed by atoms with Gasteiger partial charge in [0.1, 0.15) is 11.2 Å². The van der Waals surface area contributed by atoms with Gasteiger partial charge in [0.25, 0.3) is 0 Å². The van der Waals surface area contributed by atoms with Gasteiger partial charge in [0.15, 0.2) is 0 Å². The Morgan fingerprint density at radius 3 is 2.67 bits per heavy atom. The number of hydrogen-bond acceptors (Lipinski definition) is 4. The molecule has 1 saturated heterocycles. The fourth-order valence-corrected chi connectivity index (χ4v) is 3.01. The molecule has 1 heterocycles. The van der Waals surface area contributed by atoms with Gasteiger partial charge < -0.3 is 19.5 Å². The molecule has 1 atom stereocenters. The van der Waals surface area contributed by atoms with Gasteiger partial charge in [-0.05, 0) is 26.3 Å². The number of likely N-dealkylation sites (tertiary alicyclic amines) is 1. The van der Waals surface area contributed by atoms with Crippen LogP contribution in [0, 0.1) is 5.41 Å². The van der Waals surface area contributed by atoms with Crippen LogP contribution in [0.25, 0.3) is 0 Å². The summed E-state index contributed by atoms with van der Waals surface area (Å²) >= 11 is 0. The molecule has 1 aliphatic rings. The Labute approximate surface area is 142 Å². The van der Waals surface area contributed by atoms with E-state index in [0.29, 0.717) is 18.7 Å². The maximum Gasteiger partial charge on any atom is 0.313 e. The van der Waals surface area contributed by atoms with Crippen LogP contribution in [0.4, 0.5) is 0 Å². The molecule has 0 aliphatic carbocycles. The third kappa shape index (κ3) is 4.06. The molecule has 1 aromatic carbocycles. The topological polar surface area (TPSA) is 76.1 Å². The summed E-state index contributed by atoms with van der Waals surface area (Å²) in [5.74, 6) is -0.307. The predicted molar refractivity (Wildman–Crippen MR) is 89.1 cm³/mol. The predicted octanol–water partition coefficient (Wildman–Crippen LogP) is 1.97. The average Bonchev–Trinajstić information content (AvgIpc) is 2.95. The second kappa shape index (κ2) is 7.66. The van der Waals surface area contributed by atoms with Crippen LogP contribution in [-0.2, 0) is 20.7 Å². The van der Waals surface area contributed by atoms with Crippen LogP contribution in [0.2, 0.25) is 0 Å². The van der Waals surface area contributed by atoms with E-state index in [1.54, 1.807) is 4.90 Å². The van der Waals surface area contributed by atoms with Crippen molar-refractivity contribution in [3.8, 4) is 5.75 Å². The van der Waals surface area contributed by atoms with Gasteiger partial charge in [0.2, 0.25) is 5.91 Å². The number of para-hydroxylation sites is 1. The Morgan fingerprint density at radius 2 is 2.04 bits per heavy atom. The highest BCUT2D eigenvalue weighted by atomic mass is 16.5. The van der Waals surface area contributed by atoms with Crippen LogP contribution in [0.1, 0.15) is 25.8 Å². The summed E-state index contributed by atoms with van der Waals surface area (Å²) in [6.07, 6.45) is 0.631. The largest absolute Gasteiger partial charge is 0.491 e. The highest BCUT2D eigenvalue weighted by Gasteiger charge is 2.46. The standard InChI is InChI=1S/C18H25NO5/c1-13(2)24-15-7-5-4-6-14(15)10-16(20)19-9-8-18(11-19,12-23-3)17(21)22/h4-7,13H,8-12H2,1-3H3,(H,21,22). The maximum atomic E-state index is 12.6. The molecule has 132 valence electrons. The van der Waals surface area contributed by atoms with E-state index < -0.39 is 11.4 Å². The molecular formula is C18H25NO5. The van der Waals surface area contributed by atoms with E-state index in [1.807, 2.05) is 38.1 Å². The van der Waals surface area contributed by atoms with Crippen molar-refractivity contribution in [3.63, 3.8) is 0 Å². The van der Waals surface area contributed by atoms with Crippen LogP contribution < -0.4 is 4.74 Å². The maximum absolute atomic E-state index is 12.6. The Balaban J connectivity index is 2.08. The van der Waals surface area contributed by atoms with Crippen molar-refractivity contribution in [1.82, 2.24) is 4.90 Å². The van der Waals surface area contributed by atoms with Crippen LogP contribution >= 0.6 is 0 Å². The normalized spacial score (nSPS) is 20.4. The van der Waals surface area contributed by atoms with Crippen molar-refractivity contribution in [2.24, 2.45) is 5.41 Å². The SMILES string of the molecule is COCC1(C(=O)O)CCN(C(=O)Cc2ccccc2OC(C)C)C1. The van der Waals surface area contributed by atoms with Gasteiger partial charge in [-0.25, -0.2) is 0 Å². The van der Waals surface area contributed by atoms with Crippen LogP contribution in [-0.4, -0.2) is 54.8 Å². The lowest BCUT2D eigenvalue weighted by atomic mass is 9.88. The summed E-state index contributed by atoms with van der Waals surface area (Å²) in [6, 6.07) is 7.45. The van der Waals surface area contributed by atoms with E-state index in [9.17, 15) is 14.7 Å². The van der Waals surface area contributed by atoms with E-state index in [2.05, 4.69) is 0 Å². The molecule has 0 aromatic heterocycles. The van der Waals surface area contributed by atoms with E-state index in [1.165, 1.54) is 7.11 Å². The molecule has 2 rings (SSSR count). The number of carbonyl (C=O) groups is 2. The molecule has 0 saturated carbocycles. The average molecular weight is 335 g/mol. The quantitative estimate of drug-likeness (QED) is 0.824. The van der Waals surface area contributed by atoms with E-state index >= 15 is 0 Å². The number of methoxy groups -OCH3 is 1. The van der Waals surface area contributed by atoms with Gasteiger partial charge >= 0.3 is 5.97 Å². The molecular weight excluding hydrogens is 310 g/mol. The number of aliphatic carboxylic acids is 1.